The largest absolute Gasteiger partial charge is 0.390 e. The Morgan fingerprint density at radius 1 is 1.03 bits per heavy atom. The fourth-order valence-electron chi connectivity index (χ4n) is 10.7. The van der Waals surface area contributed by atoms with Gasteiger partial charge >= 0.3 is 5.97 Å². The number of carbonyl (C=O) groups is 1. The summed E-state index contributed by atoms with van der Waals surface area (Å²) in [5.41, 5.74) is -0.437. The van der Waals surface area contributed by atoms with Gasteiger partial charge in [0.1, 0.15) is 24.4 Å². The van der Waals surface area contributed by atoms with E-state index in [9.17, 15) is 25.2 Å². The van der Waals surface area contributed by atoms with Gasteiger partial charge < -0.3 is 58.4 Å². The van der Waals surface area contributed by atoms with Crippen molar-refractivity contribution >= 4 is 5.97 Å². The van der Waals surface area contributed by atoms with E-state index in [2.05, 4.69) is 31.3 Å². The first-order valence-electron chi connectivity index (χ1n) is 21.9. The number of hydrogen-bond acceptors (Lipinski definition) is 14. The SMILES string of the molecule is C=C1[C@@H](O)[C@@H]2O[C@]3(CC[C@H](C=C[C@@H](C)[C@@H]4CC(C)=C[C@@]5(O[C@H](C[C@@](C)(O)C(=O)ON)CC[C@H]5O)O4)O3)CC[C@H]2O[C@@H]1[C@@H](O)C[C@H](C)[C@H]1O[C@@]2(CCCCO2)CC[C@H]1C. The molecule has 0 saturated carbocycles. The first-order valence-corrected chi connectivity index (χ1v) is 21.9. The molecule has 6 saturated heterocycles. The number of rotatable bonds is 10. The van der Waals surface area contributed by atoms with E-state index in [1.807, 2.05) is 19.9 Å². The number of aliphatic hydroxyl groups excluding tert-OH is 3. The Hall–Kier alpha value is -1.79. The van der Waals surface area contributed by atoms with Crippen LogP contribution in [0.15, 0.2) is 36.0 Å². The maximum absolute atomic E-state index is 12.0. The molecule has 328 valence electrons. The molecule has 7 aliphatic heterocycles. The van der Waals surface area contributed by atoms with Crippen LogP contribution in [0.4, 0.5) is 0 Å². The second-order valence-electron chi connectivity index (χ2n) is 19.0. The van der Waals surface area contributed by atoms with Crippen LogP contribution < -0.4 is 5.90 Å². The summed E-state index contributed by atoms with van der Waals surface area (Å²) in [5.74, 6) is 1.59. The quantitative estimate of drug-likeness (QED) is 0.152. The van der Waals surface area contributed by atoms with Crippen LogP contribution >= 0.6 is 0 Å². The maximum atomic E-state index is 12.0. The molecule has 6 fully saturated rings. The second kappa shape index (κ2) is 17.5. The third kappa shape index (κ3) is 9.19. The minimum Gasteiger partial charge on any atom is -0.390 e. The van der Waals surface area contributed by atoms with Gasteiger partial charge in [-0.1, -0.05) is 45.1 Å². The molecule has 0 aromatic carbocycles. The first kappa shape index (κ1) is 44.3. The number of nitrogens with two attached hydrogens (primary N) is 1. The lowest BCUT2D eigenvalue weighted by molar-refractivity contribution is -0.321. The molecule has 7 heterocycles. The smallest absolute Gasteiger partial charge is 0.356 e. The topological polar surface area (TPSA) is 198 Å². The van der Waals surface area contributed by atoms with Gasteiger partial charge in [0.15, 0.2) is 17.2 Å². The van der Waals surface area contributed by atoms with Crippen molar-refractivity contribution in [1.29, 1.82) is 0 Å². The molecule has 6 N–H and O–H groups in total. The molecule has 7 aliphatic rings. The Bertz CT molecular complexity index is 1530. The van der Waals surface area contributed by atoms with E-state index in [4.69, 9.17) is 39.1 Å². The van der Waals surface area contributed by atoms with Crippen LogP contribution in [-0.4, -0.2) is 117 Å². The Morgan fingerprint density at radius 2 is 1.79 bits per heavy atom. The molecule has 0 bridgehead atoms. The fourth-order valence-corrected chi connectivity index (χ4v) is 10.7. The maximum Gasteiger partial charge on any atom is 0.356 e. The Labute approximate surface area is 343 Å². The molecule has 14 nitrogen and oxygen atoms in total. The summed E-state index contributed by atoms with van der Waals surface area (Å²) in [5, 5.41) is 44.9. The van der Waals surface area contributed by atoms with Crippen LogP contribution in [0.5, 0.6) is 0 Å². The number of ether oxygens (including phenoxy) is 7. The average Bonchev–Trinajstić information content (AvgIpc) is 3.59. The fraction of sp³-hybridized carbons (Fsp3) is 0.841. The number of fused-ring (bicyclic) bond motifs is 1. The normalized spacial score (nSPS) is 44.8. The molecular weight excluding hydrogens is 750 g/mol. The van der Waals surface area contributed by atoms with Gasteiger partial charge in [-0.15, -0.1) is 0 Å². The van der Waals surface area contributed by atoms with Crippen LogP contribution in [0.25, 0.3) is 0 Å². The zero-order valence-electron chi connectivity index (χ0n) is 35.1. The van der Waals surface area contributed by atoms with Crippen molar-refractivity contribution in [2.45, 2.75) is 209 Å². The Kier molecular flexibility index (Phi) is 13.4. The van der Waals surface area contributed by atoms with Gasteiger partial charge in [-0.05, 0) is 95.1 Å². The standard InChI is InChI=1S/C44H69NO13/c1-25-21-34(55-44(23-25)35(47)12-11-31(54-44)24-41(6,50)40(49)58-45)26(2)9-10-30-14-18-43(53-30)19-15-33-39(57-43)36(48)29(5)38(52-33)32(46)22-28(4)37-27(3)13-17-42(56-37)16-7-8-20-51-42/h9-10,23,26-28,30-39,46-48,50H,5,7-8,11-22,24,45H2,1-4,6H3/t26-,27-,28+,30+,31+,32+,33-,34+,35-,36-,37+,38+,39-,41-,42+,43-,44-/m1/s1. The molecule has 0 aromatic rings. The molecule has 0 aromatic heterocycles. The van der Waals surface area contributed by atoms with E-state index < -0.39 is 71.7 Å². The molecule has 7 rings (SSSR count). The second-order valence-corrected chi connectivity index (χ2v) is 19.0. The molecule has 0 aliphatic carbocycles. The Balaban J connectivity index is 0.919. The van der Waals surface area contributed by atoms with Crippen LogP contribution in [0.3, 0.4) is 0 Å². The van der Waals surface area contributed by atoms with E-state index in [1.165, 1.54) is 6.92 Å². The summed E-state index contributed by atoms with van der Waals surface area (Å²) in [6, 6.07) is 0. The predicted molar refractivity (Wildman–Crippen MR) is 210 cm³/mol. The van der Waals surface area contributed by atoms with Gasteiger partial charge in [-0.2, -0.15) is 5.90 Å². The van der Waals surface area contributed by atoms with Crippen LogP contribution in [-0.2, 0) is 42.8 Å². The highest BCUT2D eigenvalue weighted by atomic mass is 16.7. The summed E-state index contributed by atoms with van der Waals surface area (Å²) in [7, 11) is 0. The summed E-state index contributed by atoms with van der Waals surface area (Å²) < 4.78 is 45.4. The van der Waals surface area contributed by atoms with Crippen LogP contribution in [0, 0.1) is 17.8 Å². The number of hydrogen-bond donors (Lipinski definition) is 5. The summed E-state index contributed by atoms with van der Waals surface area (Å²) >= 11 is 0. The van der Waals surface area contributed by atoms with Crippen molar-refractivity contribution in [1.82, 2.24) is 0 Å². The minimum atomic E-state index is -1.86. The molecule has 58 heavy (non-hydrogen) atoms. The zero-order valence-corrected chi connectivity index (χ0v) is 35.1. The third-order valence-corrected chi connectivity index (χ3v) is 14.1. The van der Waals surface area contributed by atoms with Crippen molar-refractivity contribution in [3.8, 4) is 0 Å². The molecule has 17 atom stereocenters. The van der Waals surface area contributed by atoms with Gasteiger partial charge in [0.25, 0.3) is 0 Å². The van der Waals surface area contributed by atoms with E-state index in [1.54, 1.807) is 6.08 Å². The van der Waals surface area contributed by atoms with Crippen LogP contribution in [0.1, 0.15) is 125 Å². The van der Waals surface area contributed by atoms with Gasteiger partial charge in [-0.3, -0.25) is 0 Å². The molecule has 0 unspecified atom stereocenters. The lowest BCUT2D eigenvalue weighted by Crippen LogP contribution is -2.60. The highest BCUT2D eigenvalue weighted by Gasteiger charge is 2.55. The van der Waals surface area contributed by atoms with Crippen molar-refractivity contribution in [2.75, 3.05) is 6.61 Å². The van der Waals surface area contributed by atoms with Crippen LogP contribution in [0.2, 0.25) is 0 Å². The number of aliphatic hydroxyl groups is 4. The molecular formula is C44H69NO13. The summed E-state index contributed by atoms with van der Waals surface area (Å²) in [4.78, 5) is 16.3. The van der Waals surface area contributed by atoms with Gasteiger partial charge in [0.05, 0.1) is 43.2 Å². The first-order chi connectivity index (χ1) is 27.5. The molecule has 3 spiro atoms. The molecule has 0 amide bonds. The van der Waals surface area contributed by atoms with Crippen molar-refractivity contribution in [3.05, 3.63) is 36.0 Å². The third-order valence-electron chi connectivity index (χ3n) is 14.1. The van der Waals surface area contributed by atoms with Gasteiger partial charge in [-0.25, -0.2) is 4.79 Å². The molecule has 0 radical (unpaired) electrons. The van der Waals surface area contributed by atoms with Crippen molar-refractivity contribution in [2.24, 2.45) is 23.7 Å². The highest BCUT2D eigenvalue weighted by Crippen LogP contribution is 2.47. The van der Waals surface area contributed by atoms with Crippen molar-refractivity contribution in [3.63, 3.8) is 0 Å². The highest BCUT2D eigenvalue weighted by molar-refractivity contribution is 5.78. The summed E-state index contributed by atoms with van der Waals surface area (Å²) in [6.07, 6.45) is 9.53. The van der Waals surface area contributed by atoms with E-state index >= 15 is 0 Å². The van der Waals surface area contributed by atoms with Gasteiger partial charge in [0, 0.05) is 38.0 Å². The minimum absolute atomic E-state index is 0.0423. The van der Waals surface area contributed by atoms with E-state index in [0.717, 1.165) is 50.7 Å². The number of carbonyl (C=O) groups excluding carboxylic acids is 1. The average molecular weight is 820 g/mol. The predicted octanol–water partition coefficient (Wildman–Crippen LogP) is 4.55. The monoisotopic (exact) mass is 819 g/mol. The lowest BCUT2D eigenvalue weighted by atomic mass is 9.79. The van der Waals surface area contributed by atoms with E-state index in [-0.39, 0.29) is 36.6 Å². The van der Waals surface area contributed by atoms with Gasteiger partial charge in [0.2, 0.25) is 5.79 Å². The Morgan fingerprint density at radius 3 is 2.53 bits per heavy atom. The van der Waals surface area contributed by atoms with Crippen molar-refractivity contribution < 1.29 is 63.2 Å². The molecule has 14 heteroatoms. The van der Waals surface area contributed by atoms with E-state index in [0.29, 0.717) is 56.4 Å². The summed E-state index contributed by atoms with van der Waals surface area (Å²) in [6.45, 7) is 14.6. The zero-order chi connectivity index (χ0) is 41.6. The lowest BCUT2D eigenvalue weighted by Gasteiger charge is -2.50.